The second-order valence-corrected chi connectivity index (χ2v) is 8.99. The van der Waals surface area contributed by atoms with Crippen LogP contribution in [0, 0.1) is 5.41 Å². The fraction of sp³-hybridized carbons (Fsp3) is 0.632. The van der Waals surface area contributed by atoms with Crippen LogP contribution in [0.15, 0.2) is 28.7 Å². The predicted molar refractivity (Wildman–Crippen MR) is 97.3 cm³/mol. The van der Waals surface area contributed by atoms with Crippen molar-refractivity contribution in [1.82, 2.24) is 4.90 Å². The number of ether oxygens (including phenoxy) is 2. The first-order chi connectivity index (χ1) is 11.2. The lowest BCUT2D eigenvalue weighted by Crippen LogP contribution is -2.52. The average Bonchev–Trinajstić information content (AvgIpc) is 2.47. The number of benzene rings is 1. The van der Waals surface area contributed by atoms with Crippen LogP contribution < -0.4 is 4.74 Å². The van der Waals surface area contributed by atoms with E-state index >= 15 is 0 Å². The number of halogens is 1. The van der Waals surface area contributed by atoms with E-state index in [9.17, 15) is 4.79 Å². The van der Waals surface area contributed by atoms with E-state index in [1.54, 1.807) is 0 Å². The van der Waals surface area contributed by atoms with Crippen LogP contribution in [0.4, 0.5) is 4.79 Å². The van der Waals surface area contributed by atoms with Gasteiger partial charge in [-0.1, -0.05) is 15.9 Å². The van der Waals surface area contributed by atoms with E-state index < -0.39 is 5.60 Å². The van der Waals surface area contributed by atoms with Crippen LogP contribution in [0.1, 0.15) is 46.5 Å². The molecule has 0 N–H and O–H groups in total. The molecule has 3 rings (SSSR count). The Bertz CT molecular complexity index is 578. The van der Waals surface area contributed by atoms with Gasteiger partial charge in [-0.3, -0.25) is 0 Å². The summed E-state index contributed by atoms with van der Waals surface area (Å²) in [5, 5.41) is 0. The molecule has 2 fully saturated rings. The fourth-order valence-electron chi connectivity index (χ4n) is 3.59. The molecule has 1 spiro atoms. The van der Waals surface area contributed by atoms with Gasteiger partial charge in [0.1, 0.15) is 11.4 Å². The Morgan fingerprint density at radius 3 is 2.29 bits per heavy atom. The molecule has 1 saturated heterocycles. The second-order valence-electron chi connectivity index (χ2n) is 8.07. The van der Waals surface area contributed by atoms with E-state index in [0.717, 1.165) is 49.0 Å². The van der Waals surface area contributed by atoms with Gasteiger partial charge in [0.25, 0.3) is 0 Å². The number of carbonyl (C=O) groups excluding carboxylic acids is 1. The summed E-state index contributed by atoms with van der Waals surface area (Å²) in [5.41, 5.74) is -0.0646. The summed E-state index contributed by atoms with van der Waals surface area (Å²) in [5.74, 6) is 0.934. The summed E-state index contributed by atoms with van der Waals surface area (Å²) < 4.78 is 12.6. The number of carbonyl (C=O) groups is 1. The summed E-state index contributed by atoms with van der Waals surface area (Å²) >= 11 is 3.44. The number of likely N-dealkylation sites (tertiary alicyclic amines) is 1. The van der Waals surface area contributed by atoms with Crippen molar-refractivity contribution in [2.75, 3.05) is 13.1 Å². The number of amides is 1. The number of rotatable bonds is 2. The molecule has 5 heteroatoms. The maximum Gasteiger partial charge on any atom is 0.410 e. The summed E-state index contributed by atoms with van der Waals surface area (Å²) in [4.78, 5) is 14.0. The molecule has 1 heterocycles. The molecular formula is C19H26BrNO3. The van der Waals surface area contributed by atoms with Crippen molar-refractivity contribution in [2.24, 2.45) is 5.41 Å². The minimum atomic E-state index is -0.424. The topological polar surface area (TPSA) is 38.8 Å². The molecule has 4 nitrogen and oxygen atoms in total. The van der Waals surface area contributed by atoms with Crippen molar-refractivity contribution < 1.29 is 14.3 Å². The second kappa shape index (κ2) is 6.58. The van der Waals surface area contributed by atoms with Gasteiger partial charge in [-0.25, -0.2) is 4.79 Å². The van der Waals surface area contributed by atoms with Gasteiger partial charge in [0.2, 0.25) is 0 Å². The average molecular weight is 396 g/mol. The van der Waals surface area contributed by atoms with Crippen LogP contribution in [0.2, 0.25) is 0 Å². The van der Waals surface area contributed by atoms with Crippen LogP contribution in [-0.4, -0.2) is 35.8 Å². The number of hydrogen-bond acceptors (Lipinski definition) is 3. The van der Waals surface area contributed by atoms with Crippen molar-refractivity contribution in [3.05, 3.63) is 28.7 Å². The summed E-state index contributed by atoms with van der Waals surface area (Å²) in [6, 6.07) is 8.01. The van der Waals surface area contributed by atoms with Gasteiger partial charge in [0.05, 0.1) is 6.10 Å². The van der Waals surface area contributed by atoms with E-state index in [4.69, 9.17) is 9.47 Å². The van der Waals surface area contributed by atoms with E-state index in [1.165, 1.54) is 0 Å². The Morgan fingerprint density at radius 1 is 1.17 bits per heavy atom. The monoisotopic (exact) mass is 395 g/mol. The van der Waals surface area contributed by atoms with Crippen LogP contribution in [-0.2, 0) is 4.74 Å². The first-order valence-electron chi connectivity index (χ1n) is 8.65. The predicted octanol–water partition coefficient (Wildman–Crippen LogP) is 5.01. The molecule has 1 amide bonds. The van der Waals surface area contributed by atoms with Gasteiger partial charge < -0.3 is 14.4 Å². The summed E-state index contributed by atoms with van der Waals surface area (Å²) in [6.07, 6.45) is 4.40. The summed E-state index contributed by atoms with van der Waals surface area (Å²) in [7, 11) is 0. The molecule has 0 aromatic heterocycles. The fourth-order valence-corrected chi connectivity index (χ4v) is 3.86. The third kappa shape index (κ3) is 4.24. The van der Waals surface area contributed by atoms with Gasteiger partial charge in [-0.15, -0.1) is 0 Å². The van der Waals surface area contributed by atoms with Gasteiger partial charge in [0.15, 0.2) is 0 Å². The third-order valence-corrected chi connectivity index (χ3v) is 5.44. The highest BCUT2D eigenvalue weighted by Gasteiger charge is 2.47. The van der Waals surface area contributed by atoms with Crippen molar-refractivity contribution >= 4 is 22.0 Å². The van der Waals surface area contributed by atoms with Gasteiger partial charge in [0, 0.05) is 17.6 Å². The van der Waals surface area contributed by atoms with Gasteiger partial charge in [-0.2, -0.15) is 0 Å². The van der Waals surface area contributed by atoms with Gasteiger partial charge >= 0.3 is 6.09 Å². The minimum Gasteiger partial charge on any atom is -0.490 e. The third-order valence-electron chi connectivity index (χ3n) is 4.91. The zero-order valence-corrected chi connectivity index (χ0v) is 16.3. The Hall–Kier alpha value is -1.23. The largest absolute Gasteiger partial charge is 0.490 e. The molecule has 0 bridgehead atoms. The van der Waals surface area contributed by atoms with E-state index in [0.29, 0.717) is 11.5 Å². The molecule has 1 aromatic rings. The molecule has 1 saturated carbocycles. The normalized spacial score (nSPS) is 20.6. The van der Waals surface area contributed by atoms with Gasteiger partial charge in [-0.05, 0) is 76.1 Å². The molecule has 1 aliphatic carbocycles. The molecule has 2 aliphatic rings. The lowest BCUT2D eigenvalue weighted by atomic mass is 9.61. The van der Waals surface area contributed by atoms with E-state index in [-0.39, 0.29) is 6.09 Å². The summed E-state index contributed by atoms with van der Waals surface area (Å²) in [6.45, 7) is 7.31. The lowest BCUT2D eigenvalue weighted by molar-refractivity contribution is -0.0583. The highest BCUT2D eigenvalue weighted by molar-refractivity contribution is 9.10. The zero-order valence-electron chi connectivity index (χ0n) is 14.7. The number of hydrogen-bond donors (Lipinski definition) is 0. The Morgan fingerprint density at radius 2 is 1.75 bits per heavy atom. The number of nitrogens with zero attached hydrogens (tertiary/aromatic N) is 1. The Labute approximate surface area is 152 Å². The molecule has 1 aromatic carbocycles. The van der Waals surface area contributed by atoms with Crippen molar-refractivity contribution in [2.45, 2.75) is 58.2 Å². The smallest absolute Gasteiger partial charge is 0.410 e. The standard InChI is InChI=1S/C19H26BrNO3/c1-18(2,3)24-17(22)21-10-8-19(9-11-21)12-16(13-19)23-15-6-4-14(20)5-7-15/h4-7,16H,8-13H2,1-3H3. The molecular weight excluding hydrogens is 370 g/mol. The van der Waals surface area contributed by atoms with Crippen LogP contribution in [0.3, 0.4) is 0 Å². The zero-order chi connectivity index (χ0) is 17.4. The minimum absolute atomic E-state index is 0.181. The van der Waals surface area contributed by atoms with Crippen LogP contribution in [0.5, 0.6) is 5.75 Å². The molecule has 24 heavy (non-hydrogen) atoms. The number of piperidine rings is 1. The maximum absolute atomic E-state index is 12.1. The maximum atomic E-state index is 12.1. The highest BCUT2D eigenvalue weighted by Crippen LogP contribution is 2.50. The molecule has 0 atom stereocenters. The molecule has 0 unspecified atom stereocenters. The highest BCUT2D eigenvalue weighted by atomic mass is 79.9. The molecule has 0 radical (unpaired) electrons. The SMILES string of the molecule is CC(C)(C)OC(=O)N1CCC2(CC1)CC(Oc1ccc(Br)cc1)C2. The van der Waals surface area contributed by atoms with Crippen molar-refractivity contribution in [3.63, 3.8) is 0 Å². The first kappa shape index (κ1) is 17.6. The van der Waals surface area contributed by atoms with Crippen LogP contribution >= 0.6 is 15.9 Å². The van der Waals surface area contributed by atoms with Crippen molar-refractivity contribution in [3.8, 4) is 5.75 Å². The quantitative estimate of drug-likeness (QED) is 0.706. The Balaban J connectivity index is 1.45. The van der Waals surface area contributed by atoms with E-state index in [2.05, 4.69) is 15.9 Å². The first-order valence-corrected chi connectivity index (χ1v) is 9.44. The molecule has 132 valence electrons. The lowest BCUT2D eigenvalue weighted by Gasteiger charge is -2.51. The Kier molecular flexibility index (Phi) is 4.82. The van der Waals surface area contributed by atoms with Crippen LogP contribution in [0.25, 0.3) is 0 Å². The molecule has 1 aliphatic heterocycles. The van der Waals surface area contributed by atoms with E-state index in [1.807, 2.05) is 49.9 Å². The van der Waals surface area contributed by atoms with Crippen molar-refractivity contribution in [1.29, 1.82) is 0 Å².